The third-order valence-corrected chi connectivity index (χ3v) is 5.75. The lowest BCUT2D eigenvalue weighted by atomic mass is 9.81. The summed E-state index contributed by atoms with van der Waals surface area (Å²) in [5.41, 5.74) is -0.919. The van der Waals surface area contributed by atoms with Crippen LogP contribution in [0.3, 0.4) is 0 Å². The highest BCUT2D eigenvalue weighted by Gasteiger charge is 2.41. The fourth-order valence-electron chi connectivity index (χ4n) is 4.23. The van der Waals surface area contributed by atoms with Gasteiger partial charge in [0, 0.05) is 29.6 Å². The van der Waals surface area contributed by atoms with E-state index >= 15 is 0 Å². The lowest BCUT2D eigenvalue weighted by Gasteiger charge is -2.30. The second-order valence-corrected chi connectivity index (χ2v) is 7.94. The zero-order valence-electron chi connectivity index (χ0n) is 19.4. The van der Waals surface area contributed by atoms with Gasteiger partial charge >= 0.3 is 17.6 Å². The number of hydrogen-bond acceptors (Lipinski definition) is 10. The fraction of sp³-hybridized carbons (Fsp3) is 0.545. The summed E-state index contributed by atoms with van der Waals surface area (Å²) in [6.07, 6.45) is -1.72. The monoisotopic (exact) mass is 479 g/mol. The van der Waals surface area contributed by atoms with Crippen LogP contribution in [-0.4, -0.2) is 63.7 Å². The van der Waals surface area contributed by atoms with Crippen molar-refractivity contribution in [1.29, 1.82) is 0 Å². The maximum Gasteiger partial charge on any atom is 0.336 e. The van der Waals surface area contributed by atoms with Gasteiger partial charge in [0.1, 0.15) is 12.3 Å². The Bertz CT molecular complexity index is 1110. The molecule has 0 aliphatic carbocycles. The molecule has 0 amide bonds. The van der Waals surface area contributed by atoms with E-state index in [4.69, 9.17) is 14.2 Å². The van der Waals surface area contributed by atoms with E-state index in [9.17, 15) is 29.4 Å². The zero-order chi connectivity index (χ0) is 25.2. The topological polar surface area (TPSA) is 169 Å². The third-order valence-electron chi connectivity index (χ3n) is 5.75. The lowest BCUT2D eigenvalue weighted by molar-refractivity contribution is -0.139. The number of carbonyl (C=O) groups excluding carboxylic acids is 2. The second-order valence-electron chi connectivity index (χ2n) is 7.94. The van der Waals surface area contributed by atoms with Crippen molar-refractivity contribution < 1.29 is 34.0 Å². The van der Waals surface area contributed by atoms with Crippen LogP contribution in [0.1, 0.15) is 51.8 Å². The summed E-state index contributed by atoms with van der Waals surface area (Å²) >= 11 is 0. The summed E-state index contributed by atoms with van der Waals surface area (Å²) < 4.78 is 17.0. The SMILES string of the molecule is CCOC(=O)C1=C(C)NC(C)=C(C(=O)OCC)C1c1cn([C@H]2C[C@H](O)[C@@H](CO)O2)c(=O)[nH]c1=O. The van der Waals surface area contributed by atoms with Crippen LogP contribution in [0, 0.1) is 0 Å². The molecule has 4 N–H and O–H groups in total. The van der Waals surface area contributed by atoms with Crippen LogP contribution in [0.25, 0.3) is 0 Å². The molecule has 0 unspecified atom stereocenters. The van der Waals surface area contributed by atoms with Crippen LogP contribution in [0.4, 0.5) is 0 Å². The molecular weight excluding hydrogens is 450 g/mol. The number of nitrogens with one attached hydrogen (secondary N) is 2. The number of aliphatic hydroxyl groups is 2. The average Bonchev–Trinajstić information content (AvgIpc) is 3.13. The third kappa shape index (κ3) is 4.69. The number of aromatic amines is 1. The summed E-state index contributed by atoms with van der Waals surface area (Å²) in [5, 5.41) is 22.4. The van der Waals surface area contributed by atoms with Gasteiger partial charge < -0.3 is 29.7 Å². The van der Waals surface area contributed by atoms with E-state index in [2.05, 4.69) is 10.3 Å². The summed E-state index contributed by atoms with van der Waals surface area (Å²) in [6.45, 7) is 6.13. The second kappa shape index (κ2) is 10.4. The Morgan fingerprint density at radius 2 is 1.68 bits per heavy atom. The highest BCUT2D eigenvalue weighted by Crippen LogP contribution is 2.38. The van der Waals surface area contributed by atoms with E-state index in [1.165, 1.54) is 6.20 Å². The van der Waals surface area contributed by atoms with Gasteiger partial charge in [0.05, 0.1) is 43.0 Å². The molecule has 12 heteroatoms. The molecule has 12 nitrogen and oxygen atoms in total. The first-order chi connectivity index (χ1) is 16.1. The summed E-state index contributed by atoms with van der Waals surface area (Å²) in [5.74, 6) is -2.68. The van der Waals surface area contributed by atoms with Crippen LogP contribution < -0.4 is 16.6 Å². The van der Waals surface area contributed by atoms with Gasteiger partial charge in [0.2, 0.25) is 0 Å². The van der Waals surface area contributed by atoms with E-state index < -0.39 is 54.1 Å². The quantitative estimate of drug-likeness (QED) is 0.375. The van der Waals surface area contributed by atoms with Crippen LogP contribution in [0.2, 0.25) is 0 Å². The number of hydrogen-bond donors (Lipinski definition) is 4. The van der Waals surface area contributed by atoms with Gasteiger partial charge in [-0.1, -0.05) is 0 Å². The van der Waals surface area contributed by atoms with Crippen LogP contribution in [0.5, 0.6) is 0 Å². The van der Waals surface area contributed by atoms with E-state index in [0.717, 1.165) is 4.57 Å². The Balaban J connectivity index is 2.22. The van der Waals surface area contributed by atoms with Gasteiger partial charge in [-0.3, -0.25) is 14.3 Å². The van der Waals surface area contributed by atoms with E-state index in [1.54, 1.807) is 27.7 Å². The molecule has 0 saturated carbocycles. The minimum atomic E-state index is -1.20. The molecule has 0 bridgehead atoms. The average molecular weight is 479 g/mol. The van der Waals surface area contributed by atoms with Crippen molar-refractivity contribution in [2.75, 3.05) is 19.8 Å². The van der Waals surface area contributed by atoms with Gasteiger partial charge in [-0.25, -0.2) is 14.4 Å². The first kappa shape index (κ1) is 25.4. The Kier molecular flexibility index (Phi) is 7.75. The van der Waals surface area contributed by atoms with Crippen molar-refractivity contribution in [3.05, 3.63) is 55.1 Å². The normalized spacial score (nSPS) is 23.2. The molecule has 186 valence electrons. The summed E-state index contributed by atoms with van der Waals surface area (Å²) in [7, 11) is 0. The van der Waals surface area contributed by atoms with Crippen LogP contribution in [-0.2, 0) is 23.8 Å². The smallest absolute Gasteiger partial charge is 0.336 e. The van der Waals surface area contributed by atoms with Crippen molar-refractivity contribution in [2.45, 2.75) is 58.5 Å². The maximum atomic E-state index is 13.0. The molecule has 1 fully saturated rings. The molecule has 34 heavy (non-hydrogen) atoms. The van der Waals surface area contributed by atoms with Crippen molar-refractivity contribution >= 4 is 11.9 Å². The first-order valence-electron chi connectivity index (χ1n) is 11.0. The summed E-state index contributed by atoms with van der Waals surface area (Å²) in [4.78, 5) is 53.6. The number of esters is 2. The van der Waals surface area contributed by atoms with Crippen LogP contribution >= 0.6 is 0 Å². The van der Waals surface area contributed by atoms with Crippen molar-refractivity contribution in [3.8, 4) is 0 Å². The Morgan fingerprint density at radius 3 is 2.15 bits per heavy atom. The molecule has 1 aromatic rings. The number of allylic oxidation sites excluding steroid dienone is 2. The number of rotatable bonds is 7. The Morgan fingerprint density at radius 1 is 1.12 bits per heavy atom. The zero-order valence-corrected chi connectivity index (χ0v) is 19.4. The van der Waals surface area contributed by atoms with Gasteiger partial charge in [-0.15, -0.1) is 0 Å². The standard InChI is InChI=1S/C22H29N3O9/c1-5-32-20(29)16-10(3)23-11(4)17(21(30)33-6-2)18(16)12-8-25(22(31)24-19(12)28)15-7-13(27)14(9-26)34-15/h8,13-15,18,23,26-27H,5-7,9H2,1-4H3,(H,24,28,31)/t13-,14+,15+/m0/s1. The molecule has 0 spiro atoms. The molecular formula is C22H29N3O9. The minimum Gasteiger partial charge on any atom is -0.463 e. The lowest BCUT2D eigenvalue weighted by Crippen LogP contribution is -2.39. The Hall–Kier alpha value is -3.22. The Labute approximate surface area is 194 Å². The number of nitrogens with zero attached hydrogens (tertiary/aromatic N) is 1. The predicted octanol–water partition coefficient (Wildman–Crippen LogP) is -0.462. The molecule has 3 atom stereocenters. The molecule has 0 radical (unpaired) electrons. The largest absolute Gasteiger partial charge is 0.463 e. The molecule has 1 aromatic heterocycles. The minimum absolute atomic E-state index is 0.0119. The highest BCUT2D eigenvalue weighted by molar-refractivity contribution is 5.99. The number of aromatic nitrogens is 2. The number of dihydropyridines is 1. The molecule has 3 rings (SSSR count). The van der Waals surface area contributed by atoms with Gasteiger partial charge in [-0.2, -0.15) is 0 Å². The molecule has 3 heterocycles. The van der Waals surface area contributed by atoms with E-state index in [0.29, 0.717) is 11.4 Å². The predicted molar refractivity (Wildman–Crippen MR) is 117 cm³/mol. The van der Waals surface area contributed by atoms with Gasteiger partial charge in [0.15, 0.2) is 0 Å². The molecule has 2 aliphatic rings. The van der Waals surface area contributed by atoms with E-state index in [1.807, 2.05) is 0 Å². The van der Waals surface area contributed by atoms with Crippen molar-refractivity contribution in [1.82, 2.24) is 14.9 Å². The first-order valence-corrected chi connectivity index (χ1v) is 11.0. The number of H-pyrrole nitrogens is 1. The maximum absolute atomic E-state index is 13.0. The van der Waals surface area contributed by atoms with Crippen molar-refractivity contribution in [2.24, 2.45) is 0 Å². The summed E-state index contributed by atoms with van der Waals surface area (Å²) in [6, 6.07) is 0. The van der Waals surface area contributed by atoms with Gasteiger partial charge in [0.25, 0.3) is 5.56 Å². The number of aliphatic hydroxyl groups excluding tert-OH is 2. The molecule has 0 aromatic carbocycles. The number of ether oxygens (including phenoxy) is 3. The molecule has 1 saturated heterocycles. The van der Waals surface area contributed by atoms with Gasteiger partial charge in [-0.05, 0) is 27.7 Å². The molecule has 2 aliphatic heterocycles. The number of carbonyl (C=O) groups is 2. The highest BCUT2D eigenvalue weighted by atomic mass is 16.5. The fourth-order valence-corrected chi connectivity index (χ4v) is 4.23. The van der Waals surface area contributed by atoms with Crippen molar-refractivity contribution in [3.63, 3.8) is 0 Å². The van der Waals surface area contributed by atoms with E-state index in [-0.39, 0.29) is 36.3 Å². The van der Waals surface area contributed by atoms with Crippen LogP contribution in [0.15, 0.2) is 38.3 Å².